The zero-order chi connectivity index (χ0) is 15.1. The summed E-state index contributed by atoms with van der Waals surface area (Å²) in [5.74, 6) is 0.466. The molecule has 1 atom stereocenters. The summed E-state index contributed by atoms with van der Waals surface area (Å²) in [7, 11) is 0. The predicted molar refractivity (Wildman–Crippen MR) is 86.2 cm³/mol. The molecule has 4 N–H and O–H groups in total. The average Bonchev–Trinajstić information content (AvgIpc) is 2.99. The Hall–Kier alpha value is -1.59. The smallest absolute Gasteiger partial charge is 0.319 e. The quantitative estimate of drug-likeness (QED) is 0.750. The fraction of sp³-hybridized carbons (Fsp3) is 0.562. The van der Waals surface area contributed by atoms with Crippen molar-refractivity contribution in [3.63, 3.8) is 0 Å². The fourth-order valence-electron chi connectivity index (χ4n) is 2.64. The minimum Gasteiger partial charge on any atom is -0.338 e. The first-order valence-electron chi connectivity index (χ1n) is 7.73. The molecule has 1 fully saturated rings. The van der Waals surface area contributed by atoms with Gasteiger partial charge in [0.05, 0.1) is 0 Å². The van der Waals surface area contributed by atoms with Crippen LogP contribution >= 0.6 is 0 Å². The lowest BCUT2D eigenvalue weighted by molar-refractivity contribution is 0.245. The number of nitrogens with one attached hydrogen (secondary N) is 2. The largest absolute Gasteiger partial charge is 0.338 e. The van der Waals surface area contributed by atoms with Crippen LogP contribution in [0.1, 0.15) is 25.3 Å². The van der Waals surface area contributed by atoms with Gasteiger partial charge >= 0.3 is 6.03 Å². The molecule has 1 aromatic carbocycles. The lowest BCUT2D eigenvalue weighted by atomic mass is 10.1. The van der Waals surface area contributed by atoms with Gasteiger partial charge < -0.3 is 21.3 Å². The molecule has 1 unspecified atom stereocenters. The molecule has 5 nitrogen and oxygen atoms in total. The molecule has 0 bridgehead atoms. The molecule has 116 valence electrons. The van der Waals surface area contributed by atoms with E-state index in [0.29, 0.717) is 19.0 Å². The van der Waals surface area contributed by atoms with Crippen LogP contribution < -0.4 is 16.4 Å². The fourth-order valence-corrected chi connectivity index (χ4v) is 2.64. The van der Waals surface area contributed by atoms with Crippen LogP contribution in [0.25, 0.3) is 0 Å². The molecular weight excluding hydrogens is 264 g/mol. The van der Waals surface area contributed by atoms with Crippen LogP contribution in [0, 0.1) is 5.92 Å². The Morgan fingerprint density at radius 2 is 1.95 bits per heavy atom. The Morgan fingerprint density at radius 1 is 1.29 bits per heavy atom. The van der Waals surface area contributed by atoms with E-state index in [1.54, 1.807) is 0 Å². The zero-order valence-corrected chi connectivity index (χ0v) is 12.8. The first kappa shape index (κ1) is 15.8. The van der Waals surface area contributed by atoms with Crippen LogP contribution in [0.3, 0.4) is 0 Å². The minimum atomic E-state index is -0.149. The lowest BCUT2D eigenvalue weighted by Gasteiger charge is -2.20. The molecule has 0 saturated carbocycles. The number of benzene rings is 1. The van der Waals surface area contributed by atoms with Crippen molar-refractivity contribution < 1.29 is 4.79 Å². The highest BCUT2D eigenvalue weighted by Crippen LogP contribution is 2.10. The number of anilines is 1. The first-order valence-corrected chi connectivity index (χ1v) is 7.73. The van der Waals surface area contributed by atoms with Crippen LogP contribution in [0.15, 0.2) is 24.3 Å². The number of nitrogens with two attached hydrogens (primary N) is 1. The van der Waals surface area contributed by atoms with E-state index in [-0.39, 0.29) is 6.03 Å². The number of carbonyl (C=O) groups is 1. The van der Waals surface area contributed by atoms with Gasteiger partial charge in [-0.05, 0) is 49.5 Å². The van der Waals surface area contributed by atoms with E-state index in [9.17, 15) is 4.79 Å². The second-order valence-corrected chi connectivity index (χ2v) is 5.85. The summed E-state index contributed by atoms with van der Waals surface area (Å²) in [6.45, 7) is 6.85. The molecule has 0 radical (unpaired) electrons. The zero-order valence-electron chi connectivity index (χ0n) is 12.8. The van der Waals surface area contributed by atoms with Crippen LogP contribution in [-0.4, -0.2) is 37.1 Å². The summed E-state index contributed by atoms with van der Waals surface area (Å²) in [6, 6.07) is 7.44. The number of carbonyl (C=O) groups excluding carboxylic acids is 1. The van der Waals surface area contributed by atoms with Gasteiger partial charge in [0.15, 0.2) is 0 Å². The molecule has 1 aliphatic rings. The van der Waals surface area contributed by atoms with Crippen LogP contribution in [0.4, 0.5) is 10.5 Å². The van der Waals surface area contributed by atoms with Crippen molar-refractivity contribution in [1.29, 1.82) is 0 Å². The average molecular weight is 290 g/mol. The van der Waals surface area contributed by atoms with Gasteiger partial charge in [-0.1, -0.05) is 19.1 Å². The molecule has 1 saturated heterocycles. The van der Waals surface area contributed by atoms with Crippen molar-refractivity contribution in [3.05, 3.63) is 29.8 Å². The van der Waals surface area contributed by atoms with Crippen molar-refractivity contribution in [1.82, 2.24) is 10.2 Å². The number of amides is 2. The normalized spacial score (nSPS) is 16.7. The third-order valence-electron chi connectivity index (χ3n) is 3.83. The second kappa shape index (κ2) is 8.00. The maximum Gasteiger partial charge on any atom is 0.319 e. The van der Waals surface area contributed by atoms with Gasteiger partial charge in [-0.25, -0.2) is 4.79 Å². The van der Waals surface area contributed by atoms with E-state index in [4.69, 9.17) is 5.73 Å². The Kier molecular flexibility index (Phi) is 6.02. The molecule has 1 heterocycles. The van der Waals surface area contributed by atoms with Crippen molar-refractivity contribution in [2.75, 3.05) is 31.5 Å². The number of hydrogen-bond acceptors (Lipinski definition) is 3. The van der Waals surface area contributed by atoms with Crippen LogP contribution in [0.2, 0.25) is 0 Å². The van der Waals surface area contributed by atoms with Crippen LogP contribution in [-0.2, 0) is 6.54 Å². The summed E-state index contributed by atoms with van der Waals surface area (Å²) < 4.78 is 0. The van der Waals surface area contributed by atoms with Gasteiger partial charge in [-0.2, -0.15) is 0 Å². The van der Waals surface area contributed by atoms with Gasteiger partial charge in [-0.3, -0.25) is 0 Å². The highest BCUT2D eigenvalue weighted by atomic mass is 16.2. The molecule has 5 heteroatoms. The number of likely N-dealkylation sites (tertiary alicyclic amines) is 1. The summed E-state index contributed by atoms with van der Waals surface area (Å²) in [5, 5.41) is 5.77. The van der Waals surface area contributed by atoms with E-state index >= 15 is 0 Å². The van der Waals surface area contributed by atoms with Gasteiger partial charge in [-0.15, -0.1) is 0 Å². The third-order valence-corrected chi connectivity index (χ3v) is 3.83. The molecular formula is C16H26N4O. The number of rotatable bonds is 6. The third kappa shape index (κ3) is 5.36. The van der Waals surface area contributed by atoms with Gasteiger partial charge in [0.25, 0.3) is 0 Å². The van der Waals surface area contributed by atoms with Gasteiger partial charge in [0.2, 0.25) is 0 Å². The molecule has 0 spiro atoms. The Labute approximate surface area is 126 Å². The highest BCUT2D eigenvalue weighted by Gasteiger charge is 2.15. The molecule has 2 amide bonds. The molecule has 1 aromatic rings. The maximum absolute atomic E-state index is 11.8. The molecule has 0 aliphatic carbocycles. The monoisotopic (exact) mass is 290 g/mol. The first-order chi connectivity index (χ1) is 10.2. The van der Waals surface area contributed by atoms with E-state index in [2.05, 4.69) is 22.5 Å². The summed E-state index contributed by atoms with van der Waals surface area (Å²) >= 11 is 0. The number of urea groups is 1. The lowest BCUT2D eigenvalue weighted by Crippen LogP contribution is -2.36. The van der Waals surface area contributed by atoms with Crippen molar-refractivity contribution in [2.24, 2.45) is 11.7 Å². The summed E-state index contributed by atoms with van der Waals surface area (Å²) in [4.78, 5) is 14.3. The maximum atomic E-state index is 11.8. The predicted octanol–water partition coefficient (Wildman–Crippen LogP) is 2.00. The van der Waals surface area contributed by atoms with Crippen molar-refractivity contribution >= 4 is 11.7 Å². The topological polar surface area (TPSA) is 70.4 Å². The molecule has 0 aromatic heterocycles. The van der Waals surface area contributed by atoms with E-state index in [1.165, 1.54) is 25.9 Å². The number of nitrogens with zero attached hydrogens (tertiary/aromatic N) is 1. The Balaban J connectivity index is 1.68. The Bertz CT molecular complexity index is 440. The van der Waals surface area contributed by atoms with E-state index in [1.807, 2.05) is 24.3 Å². The Morgan fingerprint density at radius 3 is 2.57 bits per heavy atom. The van der Waals surface area contributed by atoms with Gasteiger partial charge in [0, 0.05) is 25.3 Å². The van der Waals surface area contributed by atoms with Crippen molar-refractivity contribution in [2.45, 2.75) is 26.3 Å². The van der Waals surface area contributed by atoms with Gasteiger partial charge in [0.1, 0.15) is 0 Å². The molecule has 21 heavy (non-hydrogen) atoms. The minimum absolute atomic E-state index is 0.149. The highest BCUT2D eigenvalue weighted by molar-refractivity contribution is 5.89. The number of hydrogen-bond donors (Lipinski definition) is 3. The summed E-state index contributed by atoms with van der Waals surface area (Å²) in [5.41, 5.74) is 7.39. The summed E-state index contributed by atoms with van der Waals surface area (Å²) in [6.07, 6.45) is 2.61. The van der Waals surface area contributed by atoms with E-state index in [0.717, 1.165) is 17.8 Å². The molecule has 2 rings (SSSR count). The second-order valence-electron chi connectivity index (χ2n) is 5.85. The van der Waals surface area contributed by atoms with Crippen LogP contribution in [0.5, 0.6) is 0 Å². The SMILES string of the molecule is CC(CNC(=O)Nc1ccc(CN)cc1)CN1CCCC1. The van der Waals surface area contributed by atoms with E-state index < -0.39 is 0 Å². The molecule has 1 aliphatic heterocycles. The standard InChI is InChI=1S/C16H26N4O/c1-13(12-20-8-2-3-9-20)11-18-16(21)19-15-6-4-14(10-17)5-7-15/h4-7,13H,2-3,8-12,17H2,1H3,(H2,18,19,21). The van der Waals surface area contributed by atoms with Crippen molar-refractivity contribution in [3.8, 4) is 0 Å².